The van der Waals surface area contributed by atoms with Crippen LogP contribution in [0.4, 0.5) is 5.69 Å². The van der Waals surface area contributed by atoms with Gasteiger partial charge < -0.3 is 5.73 Å². The number of nitrogens with zero attached hydrogens (tertiary/aromatic N) is 2. The average molecular weight is 243 g/mol. The van der Waals surface area contributed by atoms with Crippen molar-refractivity contribution in [2.24, 2.45) is 7.05 Å². The third kappa shape index (κ3) is 2.01. The summed E-state index contributed by atoms with van der Waals surface area (Å²) in [6.07, 6.45) is 1.92. The molecule has 0 aliphatic rings. The van der Waals surface area contributed by atoms with Crippen LogP contribution < -0.4 is 5.73 Å². The van der Waals surface area contributed by atoms with Gasteiger partial charge in [0.2, 0.25) is 0 Å². The quantitative estimate of drug-likeness (QED) is 0.842. The highest BCUT2D eigenvalue weighted by atomic mass is 15.3. The minimum atomic E-state index is 0.809. The molecule has 0 unspecified atom stereocenters. The Balaban J connectivity index is 2.72. The van der Waals surface area contributed by atoms with Crippen LogP contribution in [0.15, 0.2) is 18.2 Å². The summed E-state index contributed by atoms with van der Waals surface area (Å²) in [6.45, 7) is 6.44. The van der Waals surface area contributed by atoms with Crippen molar-refractivity contribution in [3.63, 3.8) is 0 Å². The Morgan fingerprint density at radius 3 is 2.56 bits per heavy atom. The molecule has 0 aliphatic heterocycles. The molecule has 1 aromatic heterocycles. The summed E-state index contributed by atoms with van der Waals surface area (Å²) in [6, 6.07) is 6.09. The van der Waals surface area contributed by atoms with Gasteiger partial charge in [-0.15, -0.1) is 0 Å². The van der Waals surface area contributed by atoms with E-state index in [0.717, 1.165) is 24.2 Å². The molecule has 0 aliphatic carbocycles. The van der Waals surface area contributed by atoms with Crippen molar-refractivity contribution < 1.29 is 0 Å². The Morgan fingerprint density at radius 1 is 1.22 bits per heavy atom. The fourth-order valence-electron chi connectivity index (χ4n) is 2.49. The first-order chi connectivity index (χ1) is 8.58. The largest absolute Gasteiger partial charge is 0.399 e. The SMILES string of the molecule is CCc1nn(C)c(CC)c1-c1cc(N)ccc1C. The number of hydrogen-bond acceptors (Lipinski definition) is 2. The topological polar surface area (TPSA) is 43.8 Å². The average Bonchev–Trinajstić information content (AvgIpc) is 2.68. The van der Waals surface area contributed by atoms with Gasteiger partial charge in [0.05, 0.1) is 5.69 Å². The van der Waals surface area contributed by atoms with E-state index in [1.54, 1.807) is 0 Å². The molecule has 1 aromatic carbocycles. The van der Waals surface area contributed by atoms with Gasteiger partial charge in [0.25, 0.3) is 0 Å². The molecule has 3 heteroatoms. The fourth-order valence-corrected chi connectivity index (χ4v) is 2.49. The van der Waals surface area contributed by atoms with Crippen molar-refractivity contribution >= 4 is 5.69 Å². The van der Waals surface area contributed by atoms with Crippen molar-refractivity contribution in [3.05, 3.63) is 35.2 Å². The Bertz CT molecular complexity index is 567. The van der Waals surface area contributed by atoms with E-state index in [1.807, 2.05) is 17.8 Å². The van der Waals surface area contributed by atoms with Crippen LogP contribution in [-0.4, -0.2) is 9.78 Å². The lowest BCUT2D eigenvalue weighted by atomic mass is 9.96. The molecule has 2 aromatic rings. The highest BCUT2D eigenvalue weighted by molar-refractivity contribution is 5.74. The van der Waals surface area contributed by atoms with E-state index in [4.69, 9.17) is 5.73 Å². The molecule has 0 saturated carbocycles. The van der Waals surface area contributed by atoms with Gasteiger partial charge in [0, 0.05) is 24.0 Å². The maximum atomic E-state index is 5.93. The van der Waals surface area contributed by atoms with E-state index in [2.05, 4.69) is 38.0 Å². The smallest absolute Gasteiger partial charge is 0.0703 e. The number of aromatic nitrogens is 2. The predicted molar refractivity (Wildman–Crippen MR) is 76.5 cm³/mol. The third-order valence-electron chi connectivity index (χ3n) is 3.44. The molecule has 0 radical (unpaired) electrons. The molecule has 0 atom stereocenters. The maximum absolute atomic E-state index is 5.93. The first-order valence-electron chi connectivity index (χ1n) is 6.49. The summed E-state index contributed by atoms with van der Waals surface area (Å²) >= 11 is 0. The molecule has 0 fully saturated rings. The molecule has 0 bridgehead atoms. The zero-order chi connectivity index (χ0) is 13.3. The Kier molecular flexibility index (Phi) is 3.41. The van der Waals surface area contributed by atoms with Crippen molar-refractivity contribution in [2.75, 3.05) is 5.73 Å². The second-order valence-corrected chi connectivity index (χ2v) is 4.67. The number of nitrogens with two attached hydrogens (primary N) is 1. The Morgan fingerprint density at radius 2 is 1.94 bits per heavy atom. The van der Waals surface area contributed by atoms with Crippen molar-refractivity contribution in [3.8, 4) is 11.1 Å². The molecule has 0 spiro atoms. The lowest BCUT2D eigenvalue weighted by Crippen LogP contribution is -1.98. The Labute approximate surface area is 109 Å². The van der Waals surface area contributed by atoms with Gasteiger partial charge in [0.1, 0.15) is 0 Å². The highest BCUT2D eigenvalue weighted by Gasteiger charge is 2.17. The van der Waals surface area contributed by atoms with Crippen molar-refractivity contribution in [1.29, 1.82) is 0 Å². The molecule has 0 saturated heterocycles. The van der Waals surface area contributed by atoms with Crippen molar-refractivity contribution in [1.82, 2.24) is 9.78 Å². The fraction of sp³-hybridized carbons (Fsp3) is 0.400. The molecule has 18 heavy (non-hydrogen) atoms. The molecular weight excluding hydrogens is 222 g/mol. The number of nitrogen functional groups attached to an aromatic ring is 1. The van der Waals surface area contributed by atoms with Crippen LogP contribution in [0.5, 0.6) is 0 Å². The van der Waals surface area contributed by atoms with E-state index >= 15 is 0 Å². The number of benzene rings is 1. The monoisotopic (exact) mass is 243 g/mol. The zero-order valence-corrected chi connectivity index (χ0v) is 11.6. The maximum Gasteiger partial charge on any atom is 0.0703 e. The summed E-state index contributed by atoms with van der Waals surface area (Å²) in [4.78, 5) is 0. The van der Waals surface area contributed by atoms with Crippen LogP contribution >= 0.6 is 0 Å². The number of anilines is 1. The van der Waals surface area contributed by atoms with Gasteiger partial charge in [-0.1, -0.05) is 19.9 Å². The number of aryl methyl sites for hydroxylation is 3. The normalized spacial score (nSPS) is 10.9. The van der Waals surface area contributed by atoms with Gasteiger partial charge in [-0.2, -0.15) is 5.10 Å². The number of hydrogen-bond donors (Lipinski definition) is 1. The molecular formula is C15H21N3. The van der Waals surface area contributed by atoms with Crippen LogP contribution in [0, 0.1) is 6.92 Å². The van der Waals surface area contributed by atoms with Gasteiger partial charge in [-0.25, -0.2) is 0 Å². The second-order valence-electron chi connectivity index (χ2n) is 4.67. The molecule has 2 rings (SSSR count). The molecule has 1 heterocycles. The summed E-state index contributed by atoms with van der Waals surface area (Å²) in [7, 11) is 2.02. The van der Waals surface area contributed by atoms with E-state index in [1.165, 1.54) is 22.4 Å². The minimum absolute atomic E-state index is 0.809. The van der Waals surface area contributed by atoms with Crippen LogP contribution in [0.1, 0.15) is 30.8 Å². The summed E-state index contributed by atoms with van der Waals surface area (Å²) in [5, 5.41) is 4.62. The van der Waals surface area contributed by atoms with Crippen LogP contribution in [-0.2, 0) is 19.9 Å². The van der Waals surface area contributed by atoms with Gasteiger partial charge in [-0.05, 0) is 43.0 Å². The highest BCUT2D eigenvalue weighted by Crippen LogP contribution is 2.32. The minimum Gasteiger partial charge on any atom is -0.399 e. The summed E-state index contributed by atoms with van der Waals surface area (Å²) < 4.78 is 2.00. The van der Waals surface area contributed by atoms with E-state index < -0.39 is 0 Å². The second kappa shape index (κ2) is 4.84. The number of rotatable bonds is 3. The zero-order valence-electron chi connectivity index (χ0n) is 11.6. The Hall–Kier alpha value is -1.77. The molecule has 0 amide bonds. The third-order valence-corrected chi connectivity index (χ3v) is 3.44. The van der Waals surface area contributed by atoms with Crippen molar-refractivity contribution in [2.45, 2.75) is 33.6 Å². The molecule has 2 N–H and O–H groups in total. The van der Waals surface area contributed by atoms with Gasteiger partial charge >= 0.3 is 0 Å². The van der Waals surface area contributed by atoms with Crippen LogP contribution in [0.3, 0.4) is 0 Å². The molecule has 96 valence electrons. The summed E-state index contributed by atoms with van der Waals surface area (Å²) in [5.74, 6) is 0. The van der Waals surface area contributed by atoms with E-state index in [9.17, 15) is 0 Å². The van der Waals surface area contributed by atoms with Gasteiger partial charge in [0.15, 0.2) is 0 Å². The van der Waals surface area contributed by atoms with Gasteiger partial charge in [-0.3, -0.25) is 4.68 Å². The lowest BCUT2D eigenvalue weighted by Gasteiger charge is -2.09. The van der Waals surface area contributed by atoms with Crippen LogP contribution in [0.25, 0.3) is 11.1 Å². The van der Waals surface area contributed by atoms with Crippen LogP contribution in [0.2, 0.25) is 0 Å². The first-order valence-corrected chi connectivity index (χ1v) is 6.49. The lowest BCUT2D eigenvalue weighted by molar-refractivity contribution is 0.705. The van der Waals surface area contributed by atoms with E-state index in [-0.39, 0.29) is 0 Å². The predicted octanol–water partition coefficient (Wildman–Crippen LogP) is 3.10. The van der Waals surface area contributed by atoms with E-state index in [0.29, 0.717) is 0 Å². The molecule has 3 nitrogen and oxygen atoms in total. The standard InChI is InChI=1S/C15H21N3/c1-5-13-15(14(6-2)18(4)17-13)12-9-11(16)8-7-10(12)3/h7-9H,5-6,16H2,1-4H3. The summed E-state index contributed by atoms with van der Waals surface area (Å²) in [5.41, 5.74) is 12.9. The first kappa shape index (κ1) is 12.7.